The van der Waals surface area contributed by atoms with Crippen LogP contribution in [-0.4, -0.2) is 55.3 Å². The number of imide groups is 2. The molecule has 0 aromatic carbocycles. The van der Waals surface area contributed by atoms with Crippen LogP contribution < -0.4 is 0 Å². The zero-order valence-electron chi connectivity index (χ0n) is 19.1. The summed E-state index contributed by atoms with van der Waals surface area (Å²) in [4.78, 5) is 53.2. The number of hydrogen-bond donors (Lipinski definition) is 1. The summed E-state index contributed by atoms with van der Waals surface area (Å²) in [6, 6.07) is 6.91. The van der Waals surface area contributed by atoms with E-state index in [1.165, 1.54) is 23.3 Å². The number of aliphatic hydroxyl groups excluding tert-OH is 1. The van der Waals surface area contributed by atoms with Crippen LogP contribution in [0.2, 0.25) is 0 Å². The first-order valence-corrected chi connectivity index (χ1v) is 13.2. The number of thiophene rings is 1. The molecule has 0 unspecified atom stereocenters. The van der Waals surface area contributed by atoms with Gasteiger partial charge in [-0.25, -0.2) is 0 Å². The number of rotatable bonds is 4. The normalized spacial score (nSPS) is 35.7. The summed E-state index contributed by atoms with van der Waals surface area (Å²) in [5, 5.41) is 11.4. The molecule has 2 aromatic rings. The molecule has 11 heteroatoms. The number of hydrogen-bond acceptors (Lipinski definition) is 7. The highest BCUT2D eigenvalue weighted by Crippen LogP contribution is 2.65. The van der Waals surface area contributed by atoms with E-state index in [1.807, 2.05) is 23.6 Å². The number of likely N-dealkylation sites (tertiary alicyclic amines) is 2. The Labute approximate surface area is 220 Å². The van der Waals surface area contributed by atoms with Gasteiger partial charge in [0.05, 0.1) is 24.3 Å². The van der Waals surface area contributed by atoms with Crippen molar-refractivity contribution in [1.29, 1.82) is 0 Å². The molecule has 2 aliphatic heterocycles. The van der Waals surface area contributed by atoms with Crippen molar-refractivity contribution in [3.63, 3.8) is 0 Å². The summed E-state index contributed by atoms with van der Waals surface area (Å²) < 4.78 is 5.83. The van der Waals surface area contributed by atoms with Gasteiger partial charge in [-0.05, 0) is 42.3 Å². The van der Waals surface area contributed by atoms with Crippen LogP contribution in [-0.2, 0) is 32.3 Å². The average Bonchev–Trinajstić information content (AvgIpc) is 3.63. The molecule has 6 atom stereocenters. The molecule has 0 radical (unpaired) electrons. The molecule has 0 spiro atoms. The Morgan fingerprint density at radius 2 is 1.89 bits per heavy atom. The van der Waals surface area contributed by atoms with Crippen LogP contribution in [0.5, 0.6) is 0 Å². The van der Waals surface area contributed by atoms with Gasteiger partial charge < -0.3 is 9.52 Å². The van der Waals surface area contributed by atoms with E-state index in [0.29, 0.717) is 12.0 Å². The molecule has 2 aliphatic carbocycles. The fourth-order valence-electron chi connectivity index (χ4n) is 6.47. The second-order valence-electron chi connectivity index (χ2n) is 9.80. The lowest BCUT2D eigenvalue weighted by Gasteiger charge is -2.49. The summed E-state index contributed by atoms with van der Waals surface area (Å²) in [6.07, 6.45) is 2.09. The molecule has 2 aromatic heterocycles. The van der Waals surface area contributed by atoms with Crippen LogP contribution in [0.1, 0.15) is 35.2 Å². The number of nitrogens with zero attached hydrogens (tertiary/aromatic N) is 2. The van der Waals surface area contributed by atoms with Gasteiger partial charge in [-0.2, -0.15) is 0 Å². The molecule has 2 saturated heterocycles. The fraction of sp³-hybridized carbons (Fsp3) is 0.440. The van der Waals surface area contributed by atoms with Gasteiger partial charge in [0.2, 0.25) is 11.8 Å². The first kappa shape index (κ1) is 23.9. The van der Waals surface area contributed by atoms with Gasteiger partial charge in [-0.15, -0.1) is 34.5 Å². The number of carbonyl (C=O) groups is 4. The Hall–Kier alpha value is -2.46. The summed E-state index contributed by atoms with van der Waals surface area (Å²) in [5.74, 6) is -4.15. The maximum Gasteiger partial charge on any atom is 0.253 e. The number of aliphatic hydroxyl groups is 1. The maximum absolute atomic E-state index is 13.7. The average molecular weight is 549 g/mol. The molecule has 188 valence electrons. The molecule has 4 amide bonds. The van der Waals surface area contributed by atoms with Crippen molar-refractivity contribution in [3.05, 3.63) is 57.7 Å². The van der Waals surface area contributed by atoms with Crippen LogP contribution in [0, 0.1) is 17.8 Å². The highest BCUT2D eigenvalue weighted by atomic mass is 35.5. The van der Waals surface area contributed by atoms with Crippen LogP contribution in [0.15, 0.2) is 45.7 Å². The van der Waals surface area contributed by atoms with E-state index in [1.54, 1.807) is 12.1 Å². The third-order valence-corrected chi connectivity index (χ3v) is 10.4. The van der Waals surface area contributed by atoms with E-state index in [2.05, 4.69) is 0 Å². The number of fused-ring (bicyclic) bond motifs is 4. The molecule has 1 N–H and O–H groups in total. The third-order valence-electron chi connectivity index (χ3n) is 8.12. The topological polar surface area (TPSA) is 108 Å². The van der Waals surface area contributed by atoms with Crippen LogP contribution >= 0.6 is 34.5 Å². The number of carbonyl (C=O) groups excluding carboxylic acids is 4. The van der Waals surface area contributed by atoms with Crippen LogP contribution in [0.25, 0.3) is 0 Å². The quantitative estimate of drug-likeness (QED) is 0.357. The van der Waals surface area contributed by atoms with Gasteiger partial charge in [0.25, 0.3) is 11.8 Å². The van der Waals surface area contributed by atoms with Crippen LogP contribution in [0.4, 0.5) is 0 Å². The number of amides is 4. The monoisotopic (exact) mass is 548 g/mol. The lowest BCUT2D eigenvalue weighted by atomic mass is 9.57. The van der Waals surface area contributed by atoms with Crippen molar-refractivity contribution < 1.29 is 28.7 Å². The smallest absolute Gasteiger partial charge is 0.253 e. The molecular formula is C25H22Cl2N2O6S. The van der Waals surface area contributed by atoms with E-state index in [4.69, 9.17) is 27.6 Å². The zero-order chi connectivity index (χ0) is 25.6. The van der Waals surface area contributed by atoms with Gasteiger partial charge in [-0.3, -0.25) is 29.0 Å². The van der Waals surface area contributed by atoms with Crippen molar-refractivity contribution in [3.8, 4) is 0 Å². The number of halogens is 2. The Kier molecular flexibility index (Phi) is 5.32. The minimum Gasteiger partial charge on any atom is -0.463 e. The van der Waals surface area contributed by atoms with Crippen LogP contribution in [0.3, 0.4) is 0 Å². The summed E-state index contributed by atoms with van der Waals surface area (Å²) in [5.41, 5.74) is 0.664. The summed E-state index contributed by atoms with van der Waals surface area (Å²) in [7, 11) is 1.34. The Balaban J connectivity index is 1.47. The second kappa shape index (κ2) is 8.02. The molecule has 1 saturated carbocycles. The molecule has 4 heterocycles. The number of allylic oxidation sites excluding steroid dienone is 2. The van der Waals surface area contributed by atoms with Crippen molar-refractivity contribution in [2.75, 3.05) is 7.05 Å². The van der Waals surface area contributed by atoms with Gasteiger partial charge in [0, 0.05) is 11.9 Å². The first-order valence-electron chi connectivity index (χ1n) is 11.6. The van der Waals surface area contributed by atoms with Gasteiger partial charge >= 0.3 is 0 Å². The SMILES string of the molecule is CN1C(=O)[C@]2(Cl)C[C@@H]3C(=CC[C@@H]4C(=O)N(Cc5cccs5)C(=O)[C@@H]43)[C@H](c3ccc(CO)o3)[C@]2(Cl)C1=O. The zero-order valence-corrected chi connectivity index (χ0v) is 21.5. The standard InChI is InChI=1S/C25H22Cl2N2O6S/c1-28-22(33)24(26)9-16-14(19(25(24,27)23(28)34)17-7-4-12(11-30)35-17)5-6-15-18(16)21(32)29(20(15)31)10-13-3-2-8-36-13/h2-5,7-8,15-16,18-19,30H,6,9-11H2,1H3/t15-,16+,18-,19+,24+,25-/m0/s1. The van der Waals surface area contributed by atoms with Crippen molar-refractivity contribution >= 4 is 58.2 Å². The highest BCUT2D eigenvalue weighted by molar-refractivity contribution is 7.09. The number of alkyl halides is 2. The van der Waals surface area contributed by atoms with E-state index in [9.17, 15) is 24.3 Å². The molecule has 8 nitrogen and oxygen atoms in total. The third kappa shape index (κ3) is 2.91. The minimum atomic E-state index is -1.89. The van der Waals surface area contributed by atoms with Gasteiger partial charge in [-0.1, -0.05) is 17.7 Å². The first-order chi connectivity index (χ1) is 17.1. The Bertz CT molecular complexity index is 1340. The van der Waals surface area contributed by atoms with E-state index in [0.717, 1.165) is 9.78 Å². The fourth-order valence-corrected chi connectivity index (χ4v) is 8.16. The summed E-state index contributed by atoms with van der Waals surface area (Å²) in [6.45, 7) is -0.171. The lowest BCUT2D eigenvalue weighted by Crippen LogP contribution is -2.60. The predicted octanol–water partition coefficient (Wildman–Crippen LogP) is 3.02. The Morgan fingerprint density at radius 3 is 2.56 bits per heavy atom. The molecule has 0 bridgehead atoms. The van der Waals surface area contributed by atoms with E-state index in [-0.39, 0.29) is 42.9 Å². The molecular weight excluding hydrogens is 527 g/mol. The molecule has 3 fully saturated rings. The van der Waals surface area contributed by atoms with Gasteiger partial charge in [0.1, 0.15) is 18.1 Å². The lowest BCUT2D eigenvalue weighted by molar-refractivity contribution is -0.141. The maximum atomic E-state index is 13.7. The molecule has 4 aliphatic rings. The van der Waals surface area contributed by atoms with Gasteiger partial charge in [0.15, 0.2) is 9.75 Å². The highest BCUT2D eigenvalue weighted by Gasteiger charge is 2.76. The molecule has 6 rings (SSSR count). The van der Waals surface area contributed by atoms with E-state index < -0.39 is 45.2 Å². The Morgan fingerprint density at radius 1 is 1.11 bits per heavy atom. The van der Waals surface area contributed by atoms with Crippen molar-refractivity contribution in [2.24, 2.45) is 17.8 Å². The number of furan rings is 1. The largest absolute Gasteiger partial charge is 0.463 e. The van der Waals surface area contributed by atoms with Crippen molar-refractivity contribution in [1.82, 2.24) is 9.80 Å². The minimum absolute atomic E-state index is 0.0596. The molecule has 36 heavy (non-hydrogen) atoms. The predicted molar refractivity (Wildman–Crippen MR) is 130 cm³/mol. The second-order valence-corrected chi connectivity index (χ2v) is 12.1. The van der Waals surface area contributed by atoms with Crippen molar-refractivity contribution in [2.45, 2.75) is 41.7 Å². The summed E-state index contributed by atoms with van der Waals surface area (Å²) >= 11 is 15.6. The van der Waals surface area contributed by atoms with E-state index >= 15 is 0 Å².